The second-order valence-electron chi connectivity index (χ2n) is 4.49. The van der Waals surface area contributed by atoms with Crippen molar-refractivity contribution < 1.29 is 22.7 Å². The van der Waals surface area contributed by atoms with E-state index < -0.39 is 17.8 Å². The van der Waals surface area contributed by atoms with Gasteiger partial charge in [0.2, 0.25) is 0 Å². The number of amidine groups is 1. The van der Waals surface area contributed by atoms with Gasteiger partial charge in [0.1, 0.15) is 5.84 Å². The third kappa shape index (κ3) is 3.87. The first-order valence-electron chi connectivity index (χ1n) is 6.24. The fourth-order valence-corrected chi connectivity index (χ4v) is 2.00. The quantitative estimate of drug-likeness (QED) is 0.784. The molecule has 5 nitrogen and oxygen atoms in total. The van der Waals surface area contributed by atoms with E-state index >= 15 is 0 Å². The van der Waals surface area contributed by atoms with E-state index in [2.05, 4.69) is 20.6 Å². The lowest BCUT2D eigenvalue weighted by molar-refractivity contribution is -0.137. The van der Waals surface area contributed by atoms with E-state index in [0.29, 0.717) is 24.2 Å². The van der Waals surface area contributed by atoms with Crippen molar-refractivity contribution in [2.24, 2.45) is 4.99 Å². The van der Waals surface area contributed by atoms with E-state index in [9.17, 15) is 18.0 Å². The largest absolute Gasteiger partial charge is 0.452 e. The molecule has 2 rings (SSSR count). The number of benzene rings is 1. The monoisotopic (exact) mass is 301 g/mol. The maximum absolute atomic E-state index is 12.5. The number of rotatable bonds is 1. The van der Waals surface area contributed by atoms with Crippen molar-refractivity contribution in [3.05, 3.63) is 35.4 Å². The molecule has 1 atom stereocenters. The van der Waals surface area contributed by atoms with Crippen LogP contribution in [0.3, 0.4) is 0 Å². The number of hydrazine groups is 1. The van der Waals surface area contributed by atoms with Gasteiger partial charge >= 0.3 is 12.3 Å². The van der Waals surface area contributed by atoms with Crippen LogP contribution in [-0.2, 0) is 10.9 Å². The Kier molecular flexibility index (Phi) is 4.35. The second kappa shape index (κ2) is 6.02. The van der Waals surface area contributed by atoms with Crippen LogP contribution >= 0.6 is 0 Å². The van der Waals surface area contributed by atoms with Gasteiger partial charge < -0.3 is 4.74 Å². The van der Waals surface area contributed by atoms with E-state index in [4.69, 9.17) is 0 Å². The SMILES string of the molecule is COC(=O)NNC1=NC(c2ccc(C(F)(F)F)cc2)CC1. The highest BCUT2D eigenvalue weighted by Gasteiger charge is 2.30. The van der Waals surface area contributed by atoms with Gasteiger partial charge in [-0.05, 0) is 24.1 Å². The number of nitrogens with zero attached hydrogens (tertiary/aromatic N) is 1. The van der Waals surface area contributed by atoms with Crippen molar-refractivity contribution in [2.45, 2.75) is 25.1 Å². The Balaban J connectivity index is 2.00. The van der Waals surface area contributed by atoms with Crippen LogP contribution in [0.2, 0.25) is 0 Å². The first-order chi connectivity index (χ1) is 9.90. The van der Waals surface area contributed by atoms with Crippen LogP contribution in [0.5, 0.6) is 0 Å². The Morgan fingerprint density at radius 3 is 2.57 bits per heavy atom. The van der Waals surface area contributed by atoms with Crippen molar-refractivity contribution in [1.82, 2.24) is 10.9 Å². The molecule has 0 saturated heterocycles. The van der Waals surface area contributed by atoms with Crippen LogP contribution in [0.25, 0.3) is 0 Å². The van der Waals surface area contributed by atoms with Gasteiger partial charge in [-0.25, -0.2) is 10.2 Å². The molecule has 114 valence electrons. The molecule has 0 radical (unpaired) electrons. The summed E-state index contributed by atoms with van der Waals surface area (Å²) in [6.07, 6.45) is -3.73. The number of carbonyl (C=O) groups excluding carboxylic acids is 1. The topological polar surface area (TPSA) is 62.7 Å². The summed E-state index contributed by atoms with van der Waals surface area (Å²) in [7, 11) is 1.23. The number of amides is 1. The number of halogens is 3. The minimum absolute atomic E-state index is 0.214. The molecule has 1 aliphatic heterocycles. The molecule has 0 spiro atoms. The Hall–Kier alpha value is -2.25. The Morgan fingerprint density at radius 1 is 1.33 bits per heavy atom. The number of methoxy groups -OCH3 is 1. The molecule has 1 heterocycles. The van der Waals surface area contributed by atoms with Crippen molar-refractivity contribution in [3.8, 4) is 0 Å². The minimum atomic E-state index is -4.34. The smallest absolute Gasteiger partial charge is 0.425 e. The fourth-order valence-electron chi connectivity index (χ4n) is 2.00. The number of ether oxygens (including phenoxy) is 1. The molecule has 8 heteroatoms. The molecule has 2 N–H and O–H groups in total. The van der Waals surface area contributed by atoms with E-state index in [1.54, 1.807) is 0 Å². The molecule has 1 aromatic rings. The molecule has 1 unspecified atom stereocenters. The van der Waals surface area contributed by atoms with E-state index in [1.165, 1.54) is 19.2 Å². The summed E-state index contributed by atoms with van der Waals surface area (Å²) in [5.74, 6) is 0.560. The maximum Gasteiger partial charge on any atom is 0.425 e. The van der Waals surface area contributed by atoms with Gasteiger partial charge in [0.15, 0.2) is 0 Å². The van der Waals surface area contributed by atoms with Gasteiger partial charge in [0.05, 0.1) is 18.7 Å². The molecular weight excluding hydrogens is 287 g/mol. The predicted molar refractivity (Wildman–Crippen MR) is 69.5 cm³/mol. The summed E-state index contributed by atoms with van der Waals surface area (Å²) in [5, 5.41) is 0. The zero-order valence-electron chi connectivity index (χ0n) is 11.2. The van der Waals surface area contributed by atoms with Gasteiger partial charge in [-0.3, -0.25) is 10.4 Å². The minimum Gasteiger partial charge on any atom is -0.452 e. The van der Waals surface area contributed by atoms with Crippen molar-refractivity contribution >= 4 is 11.9 Å². The Bertz CT molecular complexity index is 541. The summed E-state index contributed by atoms with van der Waals surface area (Å²) in [5.41, 5.74) is 4.92. The third-order valence-electron chi connectivity index (χ3n) is 3.08. The highest BCUT2D eigenvalue weighted by molar-refractivity contribution is 5.85. The normalized spacial score (nSPS) is 18.1. The van der Waals surface area contributed by atoms with E-state index in [0.717, 1.165) is 12.1 Å². The maximum atomic E-state index is 12.5. The van der Waals surface area contributed by atoms with Gasteiger partial charge in [0.25, 0.3) is 0 Å². The number of alkyl halides is 3. The van der Waals surface area contributed by atoms with Crippen molar-refractivity contribution in [3.63, 3.8) is 0 Å². The Labute approximate surface area is 119 Å². The van der Waals surface area contributed by atoms with Gasteiger partial charge in [-0.15, -0.1) is 0 Å². The number of hydrogen-bond donors (Lipinski definition) is 2. The van der Waals surface area contributed by atoms with Gasteiger partial charge in [0, 0.05) is 6.42 Å². The van der Waals surface area contributed by atoms with Crippen LogP contribution in [0.15, 0.2) is 29.3 Å². The molecule has 21 heavy (non-hydrogen) atoms. The summed E-state index contributed by atoms with van der Waals surface area (Å²) >= 11 is 0. The lowest BCUT2D eigenvalue weighted by atomic mass is 10.0. The third-order valence-corrected chi connectivity index (χ3v) is 3.08. The molecule has 0 bridgehead atoms. The molecule has 1 amide bonds. The molecule has 1 aliphatic rings. The van der Waals surface area contributed by atoms with Crippen LogP contribution in [0.4, 0.5) is 18.0 Å². The average molecular weight is 301 g/mol. The molecule has 0 saturated carbocycles. The number of nitrogens with one attached hydrogen (secondary N) is 2. The van der Waals surface area contributed by atoms with Gasteiger partial charge in [-0.2, -0.15) is 13.2 Å². The lowest BCUT2D eigenvalue weighted by Crippen LogP contribution is -2.40. The molecule has 1 aromatic carbocycles. The summed E-state index contributed by atoms with van der Waals surface area (Å²) in [6.45, 7) is 0. The predicted octanol–water partition coefficient (Wildman–Crippen LogP) is 2.80. The molecule has 0 aliphatic carbocycles. The van der Waals surface area contributed by atoms with E-state index in [1.807, 2.05) is 0 Å². The first kappa shape index (κ1) is 15.1. The standard InChI is InChI=1S/C13H14F3N3O2/c1-21-12(20)19-18-11-7-6-10(17-11)8-2-4-9(5-3-8)13(14,15)16/h2-5,10H,6-7H2,1H3,(H,17,18)(H,19,20). The number of carbonyl (C=O) groups is 1. The highest BCUT2D eigenvalue weighted by atomic mass is 19.4. The van der Waals surface area contributed by atoms with Crippen LogP contribution in [0.1, 0.15) is 30.0 Å². The van der Waals surface area contributed by atoms with Crippen LogP contribution in [-0.4, -0.2) is 19.0 Å². The first-order valence-corrected chi connectivity index (χ1v) is 6.24. The van der Waals surface area contributed by atoms with Crippen molar-refractivity contribution in [1.29, 1.82) is 0 Å². The van der Waals surface area contributed by atoms with E-state index in [-0.39, 0.29) is 6.04 Å². The summed E-state index contributed by atoms with van der Waals surface area (Å²) < 4.78 is 41.8. The summed E-state index contributed by atoms with van der Waals surface area (Å²) in [6, 6.07) is 4.72. The van der Waals surface area contributed by atoms with Crippen molar-refractivity contribution in [2.75, 3.05) is 7.11 Å². The second-order valence-corrected chi connectivity index (χ2v) is 4.49. The zero-order chi connectivity index (χ0) is 15.5. The molecular formula is C13H14F3N3O2. The fraction of sp³-hybridized carbons (Fsp3) is 0.385. The average Bonchev–Trinajstić information content (AvgIpc) is 2.93. The zero-order valence-corrected chi connectivity index (χ0v) is 11.2. The number of aliphatic imine (C=N–C) groups is 1. The highest BCUT2D eigenvalue weighted by Crippen LogP contribution is 2.32. The summed E-state index contributed by atoms with van der Waals surface area (Å²) in [4.78, 5) is 15.2. The van der Waals surface area contributed by atoms with Crippen LogP contribution in [0, 0.1) is 0 Å². The molecule has 0 aromatic heterocycles. The van der Waals surface area contributed by atoms with Gasteiger partial charge in [-0.1, -0.05) is 12.1 Å². The Morgan fingerprint density at radius 2 is 2.00 bits per heavy atom. The van der Waals surface area contributed by atoms with Crippen LogP contribution < -0.4 is 10.9 Å². The number of hydrogen-bond acceptors (Lipinski definition) is 4. The molecule has 0 fully saturated rings. The lowest BCUT2D eigenvalue weighted by Gasteiger charge is -2.10.